The summed E-state index contributed by atoms with van der Waals surface area (Å²) in [7, 11) is -4.62. The van der Waals surface area contributed by atoms with Crippen LogP contribution in [0.5, 0.6) is 0 Å². The van der Waals surface area contributed by atoms with E-state index in [9.17, 15) is 22.9 Å². The fraction of sp³-hybridized carbons (Fsp3) is 0.955. The van der Waals surface area contributed by atoms with Gasteiger partial charge in [0.05, 0.1) is 0 Å². The van der Waals surface area contributed by atoms with Gasteiger partial charge in [-0.1, -0.05) is 117 Å². The van der Waals surface area contributed by atoms with Crippen molar-refractivity contribution in [2.75, 3.05) is 0 Å². The summed E-state index contributed by atoms with van der Waals surface area (Å²) in [6.07, 6.45) is 17.7. The van der Waals surface area contributed by atoms with E-state index in [2.05, 4.69) is 6.92 Å². The molecule has 1 unspecified atom stereocenters. The molecule has 0 spiro atoms. The molecule has 1 atom stereocenters. The van der Waals surface area contributed by atoms with E-state index in [1.807, 2.05) is 6.92 Å². The summed E-state index contributed by atoms with van der Waals surface area (Å²) in [5, 5.41) is 9.45. The van der Waals surface area contributed by atoms with E-state index in [0.29, 0.717) is 19.3 Å². The van der Waals surface area contributed by atoms with Gasteiger partial charge in [0.1, 0.15) is 0 Å². The molecule has 6 heteroatoms. The molecule has 0 radical (unpaired) electrons. The van der Waals surface area contributed by atoms with Crippen LogP contribution in [0.25, 0.3) is 0 Å². The second-order valence-electron chi connectivity index (χ2n) is 8.22. The summed E-state index contributed by atoms with van der Waals surface area (Å²) < 4.78 is 31.0. The first-order valence-electron chi connectivity index (χ1n) is 11.5. The third-order valence-electron chi connectivity index (χ3n) is 5.75. The molecule has 0 aromatic heterocycles. The summed E-state index contributed by atoms with van der Waals surface area (Å²) in [6.45, 7) is 4.12. The molecule has 0 aliphatic heterocycles. The van der Waals surface area contributed by atoms with Crippen molar-refractivity contribution in [3.8, 4) is 0 Å². The van der Waals surface area contributed by atoms with Gasteiger partial charge in [0, 0.05) is 0 Å². The van der Waals surface area contributed by atoms with Gasteiger partial charge in [-0.3, -0.25) is 9.35 Å². The molecule has 0 saturated heterocycles. The molecule has 0 aliphatic rings. The largest absolute Gasteiger partial charge is 0.480 e. The van der Waals surface area contributed by atoms with Gasteiger partial charge in [-0.05, 0) is 12.8 Å². The molecule has 0 aromatic rings. The maximum atomic E-state index is 11.7. The minimum absolute atomic E-state index is 0.000796. The molecule has 0 heterocycles. The average Bonchev–Trinajstić information content (AvgIpc) is 2.63. The first-order chi connectivity index (χ1) is 13.3. The van der Waals surface area contributed by atoms with Crippen molar-refractivity contribution in [3.05, 3.63) is 0 Å². The van der Waals surface area contributed by atoms with Crippen LogP contribution in [0.4, 0.5) is 0 Å². The Morgan fingerprint density at radius 3 is 1.29 bits per heavy atom. The number of hydrogen-bond acceptors (Lipinski definition) is 3. The fourth-order valence-electron chi connectivity index (χ4n) is 3.77. The van der Waals surface area contributed by atoms with Crippen LogP contribution in [0.1, 0.15) is 129 Å². The third kappa shape index (κ3) is 11.4. The number of carboxylic acid groups (broad SMARTS) is 1. The molecule has 28 heavy (non-hydrogen) atoms. The summed E-state index contributed by atoms with van der Waals surface area (Å²) in [4.78, 5) is 11.6. The van der Waals surface area contributed by atoms with Gasteiger partial charge in [0.2, 0.25) is 0 Å². The minimum Gasteiger partial charge on any atom is -0.480 e. The van der Waals surface area contributed by atoms with Gasteiger partial charge in [-0.2, -0.15) is 8.42 Å². The first-order valence-corrected chi connectivity index (χ1v) is 13.0. The molecule has 0 amide bonds. The van der Waals surface area contributed by atoms with Crippen molar-refractivity contribution in [2.24, 2.45) is 0 Å². The lowest BCUT2D eigenvalue weighted by molar-refractivity contribution is -0.140. The quantitative estimate of drug-likeness (QED) is 0.168. The highest BCUT2D eigenvalue weighted by Crippen LogP contribution is 2.31. The van der Waals surface area contributed by atoms with Crippen molar-refractivity contribution in [1.29, 1.82) is 0 Å². The monoisotopic (exact) mass is 420 g/mol. The predicted octanol–water partition coefficient (Wildman–Crippen LogP) is 6.76. The molecule has 0 aromatic carbocycles. The zero-order chi connectivity index (χ0) is 21.3. The van der Waals surface area contributed by atoms with E-state index in [-0.39, 0.29) is 12.8 Å². The zero-order valence-corrected chi connectivity index (χ0v) is 19.1. The Balaban J connectivity index is 3.88. The summed E-state index contributed by atoms with van der Waals surface area (Å²) in [5.74, 6) is -1.42. The van der Waals surface area contributed by atoms with Crippen LogP contribution >= 0.6 is 0 Å². The van der Waals surface area contributed by atoms with E-state index in [4.69, 9.17) is 0 Å². The Morgan fingerprint density at radius 1 is 0.643 bits per heavy atom. The Morgan fingerprint density at radius 2 is 0.964 bits per heavy atom. The SMILES string of the molecule is CCCCCCCCCCCCCCCCC(CCCC)(C(=O)O)S(=O)(=O)O. The Bertz CT molecular complexity index is 489. The summed E-state index contributed by atoms with van der Waals surface area (Å²) in [5.41, 5.74) is 0. The smallest absolute Gasteiger partial charge is 0.327 e. The number of carboxylic acids is 1. The molecule has 0 saturated carbocycles. The van der Waals surface area contributed by atoms with E-state index < -0.39 is 20.8 Å². The number of rotatable bonds is 20. The molecule has 5 nitrogen and oxygen atoms in total. The lowest BCUT2D eigenvalue weighted by Gasteiger charge is -2.26. The number of unbranched alkanes of at least 4 members (excludes halogenated alkanes) is 14. The number of hydrogen-bond donors (Lipinski definition) is 2. The van der Waals surface area contributed by atoms with Gasteiger partial charge >= 0.3 is 5.97 Å². The highest BCUT2D eigenvalue weighted by Gasteiger charge is 2.49. The molecule has 0 fully saturated rings. The molecule has 0 bridgehead atoms. The maximum absolute atomic E-state index is 11.7. The van der Waals surface area contributed by atoms with E-state index in [0.717, 1.165) is 19.3 Å². The van der Waals surface area contributed by atoms with E-state index in [1.54, 1.807) is 0 Å². The summed E-state index contributed by atoms with van der Waals surface area (Å²) in [6, 6.07) is 0. The Labute approximate surface area is 173 Å². The van der Waals surface area contributed by atoms with Crippen LogP contribution in [0.2, 0.25) is 0 Å². The van der Waals surface area contributed by atoms with Gasteiger partial charge in [0.25, 0.3) is 10.1 Å². The van der Waals surface area contributed by atoms with Crippen LogP contribution in [0.15, 0.2) is 0 Å². The van der Waals surface area contributed by atoms with Crippen LogP contribution in [-0.2, 0) is 14.9 Å². The Hall–Kier alpha value is -0.620. The van der Waals surface area contributed by atoms with Crippen LogP contribution in [0, 0.1) is 0 Å². The van der Waals surface area contributed by atoms with Gasteiger partial charge in [-0.25, -0.2) is 0 Å². The Kier molecular flexibility index (Phi) is 15.8. The third-order valence-corrected chi connectivity index (χ3v) is 7.32. The normalized spacial score (nSPS) is 14.1. The second-order valence-corrected chi connectivity index (χ2v) is 9.96. The van der Waals surface area contributed by atoms with Crippen LogP contribution in [-0.4, -0.2) is 28.8 Å². The van der Waals surface area contributed by atoms with Gasteiger partial charge < -0.3 is 5.11 Å². The molecule has 0 rings (SSSR count). The highest BCUT2D eigenvalue weighted by atomic mass is 32.2. The number of aliphatic carboxylic acids is 1. The number of carbonyl (C=O) groups is 1. The zero-order valence-electron chi connectivity index (χ0n) is 18.3. The minimum atomic E-state index is -4.62. The van der Waals surface area contributed by atoms with Crippen molar-refractivity contribution in [2.45, 2.75) is 134 Å². The van der Waals surface area contributed by atoms with Crippen molar-refractivity contribution < 1.29 is 22.9 Å². The van der Waals surface area contributed by atoms with Gasteiger partial charge in [0.15, 0.2) is 4.75 Å². The standard InChI is InChI=1S/C22H44O5S/c1-3-5-7-8-9-10-11-12-13-14-15-16-17-18-20-22(21(23)24,19-6-4-2)28(25,26)27/h3-20H2,1-2H3,(H,23,24)(H,25,26,27). The topological polar surface area (TPSA) is 91.7 Å². The molecule has 0 aliphatic carbocycles. The predicted molar refractivity (Wildman–Crippen MR) is 116 cm³/mol. The molecule has 2 N–H and O–H groups in total. The summed E-state index contributed by atoms with van der Waals surface area (Å²) >= 11 is 0. The lowest BCUT2D eigenvalue weighted by atomic mass is 9.94. The van der Waals surface area contributed by atoms with Crippen molar-refractivity contribution in [1.82, 2.24) is 0 Å². The van der Waals surface area contributed by atoms with Crippen LogP contribution < -0.4 is 0 Å². The molecule has 168 valence electrons. The van der Waals surface area contributed by atoms with E-state index >= 15 is 0 Å². The highest BCUT2D eigenvalue weighted by molar-refractivity contribution is 7.88. The fourth-order valence-corrected chi connectivity index (χ4v) is 4.80. The van der Waals surface area contributed by atoms with Crippen molar-refractivity contribution >= 4 is 16.1 Å². The van der Waals surface area contributed by atoms with Crippen molar-refractivity contribution in [3.63, 3.8) is 0 Å². The lowest BCUT2D eigenvalue weighted by Crippen LogP contribution is -2.46. The second kappa shape index (κ2) is 16.2. The van der Waals surface area contributed by atoms with Gasteiger partial charge in [-0.15, -0.1) is 0 Å². The van der Waals surface area contributed by atoms with Crippen LogP contribution in [0.3, 0.4) is 0 Å². The maximum Gasteiger partial charge on any atom is 0.327 e. The average molecular weight is 421 g/mol. The van der Waals surface area contributed by atoms with E-state index in [1.165, 1.54) is 64.2 Å². The molecular weight excluding hydrogens is 376 g/mol. The first kappa shape index (κ1) is 27.4. The molecular formula is C22H44O5S.